The molecular formula is C32H40N4OS2. The Hall–Kier alpha value is -3.42. The molecule has 0 fully saturated rings. The van der Waals surface area contributed by atoms with E-state index >= 15 is 0 Å². The van der Waals surface area contributed by atoms with Crippen LogP contribution in [0, 0.1) is 0 Å². The van der Waals surface area contributed by atoms with Crippen molar-refractivity contribution in [1.82, 2.24) is 0 Å². The average Bonchev–Trinajstić information content (AvgIpc) is 2.91. The van der Waals surface area contributed by atoms with Crippen molar-refractivity contribution in [1.29, 1.82) is 0 Å². The third kappa shape index (κ3) is 10.0. The van der Waals surface area contributed by atoms with Crippen LogP contribution in [0.3, 0.4) is 0 Å². The van der Waals surface area contributed by atoms with Crippen molar-refractivity contribution in [2.24, 2.45) is 0 Å². The van der Waals surface area contributed by atoms with E-state index in [1.807, 2.05) is 66.7 Å². The molecule has 0 aliphatic rings. The molecule has 1 unspecified atom stereocenters. The lowest BCUT2D eigenvalue weighted by Gasteiger charge is -2.15. The minimum atomic E-state index is -1.03. The van der Waals surface area contributed by atoms with E-state index in [0.29, 0.717) is 12.1 Å². The lowest BCUT2D eigenvalue weighted by molar-refractivity contribution is 0.687. The molecule has 4 N–H and O–H groups in total. The van der Waals surface area contributed by atoms with Gasteiger partial charge in [0.25, 0.3) is 0 Å². The molecule has 0 bridgehead atoms. The molecule has 5 nitrogen and oxygen atoms in total. The summed E-state index contributed by atoms with van der Waals surface area (Å²) >= 11 is 1.76. The highest BCUT2D eigenvalue weighted by atomic mass is 32.2. The number of para-hydroxylation sites is 2. The maximum atomic E-state index is 11.9. The van der Waals surface area contributed by atoms with Gasteiger partial charge in [0.05, 0.1) is 21.4 Å². The molecular weight excluding hydrogens is 521 g/mol. The normalized spacial score (nSPS) is 11.4. The van der Waals surface area contributed by atoms with Gasteiger partial charge < -0.3 is 21.3 Å². The van der Waals surface area contributed by atoms with Crippen LogP contribution in [0.5, 0.6) is 0 Å². The third-order valence-electron chi connectivity index (χ3n) is 5.51. The molecule has 0 aliphatic heterocycles. The fourth-order valence-electron chi connectivity index (χ4n) is 3.84. The molecule has 4 rings (SSSR count). The summed E-state index contributed by atoms with van der Waals surface area (Å²) in [5.74, 6) is 0. The highest BCUT2D eigenvalue weighted by Gasteiger charge is 2.09. The van der Waals surface area contributed by atoms with E-state index < -0.39 is 10.8 Å². The fourth-order valence-corrected chi connectivity index (χ4v) is 5.16. The van der Waals surface area contributed by atoms with Crippen molar-refractivity contribution in [3.05, 3.63) is 97.1 Å². The Bertz CT molecular complexity index is 1330. The Labute approximate surface area is 240 Å². The quantitative estimate of drug-likeness (QED) is 0.145. The zero-order valence-corrected chi connectivity index (χ0v) is 25.3. The highest BCUT2D eigenvalue weighted by Crippen LogP contribution is 2.30. The number of anilines is 6. The molecule has 0 amide bonds. The molecule has 39 heavy (non-hydrogen) atoms. The smallest absolute Gasteiger partial charge is 0.0637 e. The van der Waals surface area contributed by atoms with Crippen molar-refractivity contribution in [3.8, 4) is 0 Å². The number of rotatable bonds is 10. The molecule has 4 aromatic carbocycles. The summed E-state index contributed by atoms with van der Waals surface area (Å²) in [5.41, 5.74) is 6.31. The summed E-state index contributed by atoms with van der Waals surface area (Å²) in [4.78, 5) is 2.08. The Balaban J connectivity index is 0.000000216. The summed E-state index contributed by atoms with van der Waals surface area (Å²) in [6.07, 6.45) is 3.81. The van der Waals surface area contributed by atoms with Crippen LogP contribution in [-0.2, 0) is 10.8 Å². The number of benzene rings is 4. The van der Waals surface area contributed by atoms with Gasteiger partial charge in [-0.2, -0.15) is 0 Å². The average molecular weight is 561 g/mol. The first-order chi connectivity index (χ1) is 18.7. The first kappa shape index (κ1) is 30.1. The lowest BCUT2D eigenvalue weighted by Crippen LogP contribution is -2.12. The van der Waals surface area contributed by atoms with E-state index in [0.717, 1.165) is 33.3 Å². The molecule has 1 atom stereocenters. The topological polar surface area (TPSA) is 65.2 Å². The van der Waals surface area contributed by atoms with Gasteiger partial charge in [0, 0.05) is 51.7 Å². The maximum Gasteiger partial charge on any atom is 0.0637 e. The molecule has 0 saturated heterocycles. The van der Waals surface area contributed by atoms with Gasteiger partial charge in [-0.05, 0) is 94.6 Å². The SMILES string of the molecule is CC(C)Nc1ccc(Nc2ccccc2)cc1S(C)=O.CSc1cc(Nc2ccccc2)ccc1NC(C)C. The maximum absolute atomic E-state index is 11.9. The van der Waals surface area contributed by atoms with Crippen LogP contribution in [0.15, 0.2) is 107 Å². The van der Waals surface area contributed by atoms with Crippen molar-refractivity contribution >= 4 is 56.7 Å². The predicted molar refractivity (Wildman–Crippen MR) is 174 cm³/mol. The second-order valence-corrected chi connectivity index (χ2v) is 11.9. The van der Waals surface area contributed by atoms with Gasteiger partial charge >= 0.3 is 0 Å². The van der Waals surface area contributed by atoms with Crippen molar-refractivity contribution in [3.63, 3.8) is 0 Å². The van der Waals surface area contributed by atoms with Gasteiger partial charge in [-0.3, -0.25) is 4.21 Å². The number of nitrogens with one attached hydrogen (secondary N) is 4. The van der Waals surface area contributed by atoms with Gasteiger partial charge in [-0.15, -0.1) is 11.8 Å². The van der Waals surface area contributed by atoms with Gasteiger partial charge in [0.15, 0.2) is 0 Å². The molecule has 0 aliphatic carbocycles. The molecule has 206 valence electrons. The minimum absolute atomic E-state index is 0.310. The third-order valence-corrected chi connectivity index (χ3v) is 7.24. The highest BCUT2D eigenvalue weighted by molar-refractivity contribution is 7.98. The van der Waals surface area contributed by atoms with Crippen LogP contribution in [-0.4, -0.2) is 28.8 Å². The number of hydrogen-bond donors (Lipinski definition) is 4. The zero-order valence-electron chi connectivity index (χ0n) is 23.6. The van der Waals surface area contributed by atoms with Crippen LogP contribution < -0.4 is 21.3 Å². The number of hydrogen-bond acceptors (Lipinski definition) is 6. The van der Waals surface area contributed by atoms with E-state index in [4.69, 9.17) is 0 Å². The summed E-state index contributed by atoms with van der Waals surface area (Å²) < 4.78 is 11.9. The molecule has 4 aromatic rings. The molecule has 7 heteroatoms. The fraction of sp³-hybridized carbons (Fsp3) is 0.250. The summed E-state index contributed by atoms with van der Waals surface area (Å²) in [6, 6.07) is 33.3. The van der Waals surface area contributed by atoms with Crippen LogP contribution in [0.4, 0.5) is 34.1 Å². The molecule has 0 saturated carbocycles. The van der Waals surface area contributed by atoms with E-state index in [-0.39, 0.29) is 0 Å². The molecule has 0 heterocycles. The second-order valence-electron chi connectivity index (χ2n) is 9.66. The summed E-state index contributed by atoms with van der Waals surface area (Å²) in [5, 5.41) is 13.5. The lowest BCUT2D eigenvalue weighted by atomic mass is 10.2. The Kier molecular flexibility index (Phi) is 11.8. The standard InChI is InChI=1S/C16H20N2OS.C16H20N2S/c1-12(2)17-15-10-9-14(11-16(15)20(3)19)18-13-7-5-4-6-8-13;1-12(2)17-15-10-9-14(11-16(15)19-3)18-13-7-5-4-6-8-13/h4-12,17-18H,1-3H3;4-12,17-18H,1-3H3. The van der Waals surface area contributed by atoms with Gasteiger partial charge in [-0.1, -0.05) is 36.4 Å². The van der Waals surface area contributed by atoms with E-state index in [1.165, 1.54) is 10.6 Å². The van der Waals surface area contributed by atoms with Crippen LogP contribution in [0.2, 0.25) is 0 Å². The Morgan fingerprint density at radius 3 is 1.54 bits per heavy atom. The first-order valence-corrected chi connectivity index (χ1v) is 15.9. The van der Waals surface area contributed by atoms with Crippen molar-refractivity contribution < 1.29 is 4.21 Å². The predicted octanol–water partition coefficient (Wildman–Crippen LogP) is 8.96. The monoisotopic (exact) mass is 560 g/mol. The van der Waals surface area contributed by atoms with Crippen LogP contribution in [0.25, 0.3) is 0 Å². The Morgan fingerprint density at radius 1 is 0.615 bits per heavy atom. The van der Waals surface area contributed by atoms with E-state index in [2.05, 4.69) is 85.5 Å². The van der Waals surface area contributed by atoms with Gasteiger partial charge in [0.1, 0.15) is 0 Å². The van der Waals surface area contributed by atoms with Gasteiger partial charge in [-0.25, -0.2) is 0 Å². The summed E-state index contributed by atoms with van der Waals surface area (Å²) in [6.45, 7) is 8.44. The van der Waals surface area contributed by atoms with E-state index in [1.54, 1.807) is 18.0 Å². The molecule has 0 radical (unpaired) electrons. The van der Waals surface area contributed by atoms with Crippen LogP contribution >= 0.6 is 11.8 Å². The second kappa shape index (κ2) is 15.2. The van der Waals surface area contributed by atoms with Crippen molar-refractivity contribution in [2.45, 2.75) is 49.6 Å². The summed E-state index contributed by atoms with van der Waals surface area (Å²) in [7, 11) is -1.03. The first-order valence-electron chi connectivity index (χ1n) is 13.1. The minimum Gasteiger partial charge on any atom is -0.382 e. The zero-order chi connectivity index (χ0) is 28.2. The number of thioether (sulfide) groups is 1. The molecule has 0 aromatic heterocycles. The van der Waals surface area contributed by atoms with Crippen LogP contribution in [0.1, 0.15) is 27.7 Å². The largest absolute Gasteiger partial charge is 0.382 e. The van der Waals surface area contributed by atoms with Gasteiger partial charge in [0.2, 0.25) is 0 Å². The Morgan fingerprint density at radius 2 is 1.08 bits per heavy atom. The molecule has 0 spiro atoms. The van der Waals surface area contributed by atoms with Crippen molar-refractivity contribution in [2.75, 3.05) is 33.8 Å². The van der Waals surface area contributed by atoms with E-state index in [9.17, 15) is 4.21 Å².